The van der Waals surface area contributed by atoms with Crippen molar-refractivity contribution in [3.05, 3.63) is 71.5 Å². The molecule has 3 heterocycles. The molecule has 2 aliphatic rings. The Morgan fingerprint density at radius 1 is 1.03 bits per heavy atom. The van der Waals surface area contributed by atoms with Gasteiger partial charge < -0.3 is 10.2 Å². The van der Waals surface area contributed by atoms with Crippen molar-refractivity contribution >= 4 is 17.4 Å². The second-order valence-corrected chi connectivity index (χ2v) is 8.82. The van der Waals surface area contributed by atoms with Crippen LogP contribution in [-0.2, 0) is 17.4 Å². The number of alkyl halides is 3. The van der Waals surface area contributed by atoms with E-state index in [2.05, 4.69) is 20.2 Å². The van der Waals surface area contributed by atoms with E-state index in [1.807, 2.05) is 12.1 Å². The van der Waals surface area contributed by atoms with Gasteiger partial charge in [-0.15, -0.1) is 0 Å². The minimum Gasteiger partial charge on any atom is -0.357 e. The van der Waals surface area contributed by atoms with Crippen molar-refractivity contribution in [1.82, 2.24) is 9.97 Å². The molecule has 1 amide bonds. The maximum Gasteiger partial charge on any atom is 0.417 e. The number of aryl methyl sites for hydroxylation is 1. The Kier molecular flexibility index (Phi) is 5.98. The third kappa shape index (κ3) is 4.49. The number of nitrogens with one attached hydrogen (secondary N) is 1. The number of hydrogen-bond acceptors (Lipinski definition) is 4. The maximum absolute atomic E-state index is 13.6. The van der Waals surface area contributed by atoms with Crippen molar-refractivity contribution in [3.63, 3.8) is 0 Å². The van der Waals surface area contributed by atoms with E-state index in [9.17, 15) is 18.0 Å². The third-order valence-electron chi connectivity index (χ3n) is 6.55. The minimum atomic E-state index is -4.49. The molecule has 3 aromatic rings. The van der Waals surface area contributed by atoms with Crippen LogP contribution in [0.1, 0.15) is 48.4 Å². The molecular weight excluding hydrogens is 441 g/mol. The fraction of sp³-hybridized carbons (Fsp3) is 0.346. The van der Waals surface area contributed by atoms with Crippen LogP contribution in [0.15, 0.2) is 54.7 Å². The summed E-state index contributed by atoms with van der Waals surface area (Å²) in [5.74, 6) is 0.113. The van der Waals surface area contributed by atoms with E-state index in [0.717, 1.165) is 56.2 Å². The Morgan fingerprint density at radius 2 is 1.82 bits per heavy atom. The molecule has 5 nitrogen and oxygen atoms in total. The third-order valence-corrected chi connectivity index (χ3v) is 6.55. The molecule has 176 valence electrons. The van der Waals surface area contributed by atoms with Crippen molar-refractivity contribution < 1.29 is 18.0 Å². The van der Waals surface area contributed by atoms with Gasteiger partial charge in [0.1, 0.15) is 5.82 Å². The van der Waals surface area contributed by atoms with Crippen LogP contribution in [-0.4, -0.2) is 29.0 Å². The highest BCUT2D eigenvalue weighted by atomic mass is 19.4. The zero-order chi connectivity index (χ0) is 23.7. The van der Waals surface area contributed by atoms with Crippen molar-refractivity contribution in [2.45, 2.75) is 44.2 Å². The van der Waals surface area contributed by atoms with Gasteiger partial charge in [-0.1, -0.05) is 24.3 Å². The number of rotatable bonds is 4. The first-order chi connectivity index (χ1) is 16.4. The van der Waals surface area contributed by atoms with Crippen LogP contribution < -0.4 is 10.2 Å². The number of fused-ring (bicyclic) bond motifs is 1. The summed E-state index contributed by atoms with van der Waals surface area (Å²) >= 11 is 0. The first-order valence-corrected chi connectivity index (χ1v) is 11.6. The molecule has 1 N–H and O–H groups in total. The van der Waals surface area contributed by atoms with Crippen LogP contribution in [0.25, 0.3) is 11.3 Å². The lowest BCUT2D eigenvalue weighted by Crippen LogP contribution is -2.26. The van der Waals surface area contributed by atoms with Crippen molar-refractivity contribution in [1.29, 1.82) is 0 Å². The summed E-state index contributed by atoms with van der Waals surface area (Å²) in [6.07, 6.45) is 1.62. The Hall–Kier alpha value is -3.42. The monoisotopic (exact) mass is 466 g/mol. The number of pyridine rings is 2. The minimum absolute atomic E-state index is 0.0203. The van der Waals surface area contributed by atoms with Crippen LogP contribution in [0, 0.1) is 0 Å². The number of benzene rings is 1. The van der Waals surface area contributed by atoms with E-state index < -0.39 is 17.7 Å². The van der Waals surface area contributed by atoms with Gasteiger partial charge in [-0.05, 0) is 55.9 Å². The SMILES string of the molecule is O=C(Nc1ccnc(N2CCCC2)c1)C1CCCc2ccc(-c3ccccc3C(F)(F)F)nc21. The highest BCUT2D eigenvalue weighted by Crippen LogP contribution is 2.38. The van der Waals surface area contributed by atoms with Crippen molar-refractivity contribution in [2.75, 3.05) is 23.3 Å². The molecule has 0 spiro atoms. The molecule has 0 saturated carbocycles. The van der Waals surface area contributed by atoms with Crippen LogP contribution >= 0.6 is 0 Å². The fourth-order valence-electron chi connectivity index (χ4n) is 4.85. The summed E-state index contributed by atoms with van der Waals surface area (Å²) in [4.78, 5) is 24.5. The standard InChI is InChI=1S/C26H25F3N4O/c27-26(28,29)21-9-2-1-7-19(21)22-11-10-17-6-5-8-20(24(17)32-22)25(34)31-18-12-13-30-23(16-18)33-14-3-4-15-33/h1-2,7,9-13,16,20H,3-6,8,14-15H2,(H,30,31,34). The molecule has 1 aliphatic carbocycles. The average Bonchev–Trinajstić information content (AvgIpc) is 3.38. The maximum atomic E-state index is 13.6. The average molecular weight is 467 g/mol. The first-order valence-electron chi connectivity index (χ1n) is 11.6. The van der Waals surface area contributed by atoms with Crippen molar-refractivity contribution in [2.24, 2.45) is 0 Å². The van der Waals surface area contributed by atoms with Gasteiger partial charge in [0.05, 0.1) is 22.9 Å². The number of anilines is 2. The van der Waals surface area contributed by atoms with E-state index in [1.165, 1.54) is 12.1 Å². The number of hydrogen-bond donors (Lipinski definition) is 1. The zero-order valence-electron chi connectivity index (χ0n) is 18.6. The molecule has 1 atom stereocenters. The molecule has 1 unspecified atom stereocenters. The van der Waals surface area contributed by atoms with E-state index in [4.69, 9.17) is 0 Å². The lowest BCUT2D eigenvalue weighted by Gasteiger charge is -2.25. The Labute approximate surface area is 196 Å². The number of carbonyl (C=O) groups is 1. The van der Waals surface area contributed by atoms with Gasteiger partial charge in [0.25, 0.3) is 0 Å². The second kappa shape index (κ2) is 9.08. The summed E-state index contributed by atoms with van der Waals surface area (Å²) in [5.41, 5.74) is 1.65. The Morgan fingerprint density at radius 3 is 2.62 bits per heavy atom. The number of carbonyl (C=O) groups excluding carboxylic acids is 1. The smallest absolute Gasteiger partial charge is 0.357 e. The second-order valence-electron chi connectivity index (χ2n) is 8.82. The molecule has 2 aromatic heterocycles. The van der Waals surface area contributed by atoms with Gasteiger partial charge in [-0.2, -0.15) is 13.2 Å². The summed E-state index contributed by atoms with van der Waals surface area (Å²) in [6, 6.07) is 12.5. The van der Waals surface area contributed by atoms with E-state index in [0.29, 0.717) is 17.8 Å². The lowest BCUT2D eigenvalue weighted by atomic mass is 9.85. The van der Waals surface area contributed by atoms with Gasteiger partial charge in [-0.25, -0.2) is 4.98 Å². The normalized spacial score (nSPS) is 18.0. The molecule has 34 heavy (non-hydrogen) atoms. The van der Waals surface area contributed by atoms with Crippen LogP contribution in [0.4, 0.5) is 24.7 Å². The molecule has 1 fully saturated rings. The van der Waals surface area contributed by atoms with Crippen molar-refractivity contribution in [3.8, 4) is 11.3 Å². The Bertz CT molecular complexity index is 1200. The van der Waals surface area contributed by atoms with Crippen LogP contribution in [0.5, 0.6) is 0 Å². The molecule has 5 rings (SSSR count). The van der Waals surface area contributed by atoms with Crippen LogP contribution in [0.2, 0.25) is 0 Å². The van der Waals surface area contributed by atoms with E-state index in [-0.39, 0.29) is 17.2 Å². The molecular formula is C26H25F3N4O. The topological polar surface area (TPSA) is 58.1 Å². The zero-order valence-corrected chi connectivity index (χ0v) is 18.6. The highest BCUT2D eigenvalue weighted by Gasteiger charge is 2.34. The van der Waals surface area contributed by atoms with Gasteiger partial charge in [0.2, 0.25) is 5.91 Å². The number of nitrogens with zero attached hydrogens (tertiary/aromatic N) is 3. The number of aromatic nitrogens is 2. The summed E-state index contributed by atoms with van der Waals surface area (Å²) in [5, 5.41) is 2.99. The van der Waals surface area contributed by atoms with Gasteiger partial charge in [0, 0.05) is 36.6 Å². The number of halogens is 3. The molecule has 1 aromatic carbocycles. The van der Waals surface area contributed by atoms with Gasteiger partial charge in [-0.3, -0.25) is 9.78 Å². The summed E-state index contributed by atoms with van der Waals surface area (Å²) < 4.78 is 40.7. The molecule has 8 heteroatoms. The lowest BCUT2D eigenvalue weighted by molar-refractivity contribution is -0.137. The predicted molar refractivity (Wildman–Crippen MR) is 125 cm³/mol. The quantitative estimate of drug-likeness (QED) is 0.526. The summed E-state index contributed by atoms with van der Waals surface area (Å²) in [7, 11) is 0. The van der Waals surface area contributed by atoms with E-state index >= 15 is 0 Å². The molecule has 1 aliphatic heterocycles. The first kappa shape index (κ1) is 22.4. The van der Waals surface area contributed by atoms with Gasteiger partial charge in [0.15, 0.2) is 0 Å². The molecule has 0 radical (unpaired) electrons. The van der Waals surface area contributed by atoms with E-state index in [1.54, 1.807) is 24.4 Å². The predicted octanol–water partition coefficient (Wildman–Crippen LogP) is 5.82. The molecule has 0 bridgehead atoms. The van der Waals surface area contributed by atoms with Gasteiger partial charge >= 0.3 is 6.18 Å². The largest absolute Gasteiger partial charge is 0.417 e. The fourth-order valence-corrected chi connectivity index (χ4v) is 4.85. The Balaban J connectivity index is 1.43. The molecule has 1 saturated heterocycles. The summed E-state index contributed by atoms with van der Waals surface area (Å²) in [6.45, 7) is 1.90. The van der Waals surface area contributed by atoms with Crippen LogP contribution in [0.3, 0.4) is 0 Å². The highest BCUT2D eigenvalue weighted by molar-refractivity contribution is 5.96. The number of amides is 1.